The van der Waals surface area contributed by atoms with Crippen molar-refractivity contribution in [3.8, 4) is 11.5 Å². The third kappa shape index (κ3) is 5.01. The van der Waals surface area contributed by atoms with Gasteiger partial charge in [-0.05, 0) is 37.8 Å². The maximum atomic E-state index is 6.18. The normalized spacial score (nSPS) is 23.8. The second kappa shape index (κ2) is 9.86. The minimum atomic E-state index is -3.07. The van der Waals surface area contributed by atoms with Gasteiger partial charge in [0.05, 0.1) is 18.4 Å². The van der Waals surface area contributed by atoms with Crippen LogP contribution in [0.5, 0.6) is 11.5 Å². The van der Waals surface area contributed by atoms with E-state index in [0.717, 1.165) is 50.3 Å². The van der Waals surface area contributed by atoms with Crippen LogP contribution in [0.25, 0.3) is 0 Å². The summed E-state index contributed by atoms with van der Waals surface area (Å²) in [5, 5.41) is 0.751. The number of hydrogen-bond donors (Lipinski definition) is 0. The zero-order chi connectivity index (χ0) is 19.1. The fourth-order valence-electron chi connectivity index (χ4n) is 3.41. The van der Waals surface area contributed by atoms with Crippen molar-refractivity contribution < 1.29 is 32.2 Å². The predicted molar refractivity (Wildman–Crippen MR) is 101 cm³/mol. The zero-order valence-electron chi connectivity index (χ0n) is 16.4. The van der Waals surface area contributed by atoms with Crippen LogP contribution in [0.3, 0.4) is 0 Å². The Bertz CT molecular complexity index is 573. The molecule has 0 N–H and O–H groups in total. The Balaban J connectivity index is 1.86. The molecule has 0 spiro atoms. The Kier molecular flexibility index (Phi) is 7.51. The highest BCUT2D eigenvalue weighted by Crippen LogP contribution is 2.27. The first-order valence-electron chi connectivity index (χ1n) is 9.57. The van der Waals surface area contributed by atoms with Crippen molar-refractivity contribution in [3.63, 3.8) is 0 Å². The second-order valence-corrected chi connectivity index (χ2v) is 9.53. The standard InChI is InChI=1S/C19H30O7Si/c1-20-27(21-2,22-3)17-11-10-15(25-18-8-4-6-12-23-18)14-16(17)26-19-9-5-7-13-24-19/h10-11,14,18-19H,4-9,12-13H2,1-3H3. The molecule has 152 valence electrons. The summed E-state index contributed by atoms with van der Waals surface area (Å²) in [7, 11) is 1.69. The molecule has 3 rings (SSSR count). The summed E-state index contributed by atoms with van der Waals surface area (Å²) in [5.74, 6) is 1.29. The van der Waals surface area contributed by atoms with E-state index in [-0.39, 0.29) is 12.6 Å². The molecule has 2 heterocycles. The van der Waals surface area contributed by atoms with Gasteiger partial charge in [-0.3, -0.25) is 0 Å². The van der Waals surface area contributed by atoms with E-state index in [9.17, 15) is 0 Å². The Morgan fingerprint density at radius 2 is 1.41 bits per heavy atom. The Hall–Kier alpha value is -1.16. The average molecular weight is 399 g/mol. The van der Waals surface area contributed by atoms with Crippen molar-refractivity contribution in [1.29, 1.82) is 0 Å². The molecule has 8 heteroatoms. The second-order valence-electron chi connectivity index (χ2n) is 6.65. The van der Waals surface area contributed by atoms with Gasteiger partial charge in [-0.25, -0.2) is 0 Å². The highest BCUT2D eigenvalue weighted by molar-refractivity contribution is 6.76. The molecule has 2 saturated heterocycles. The number of ether oxygens (including phenoxy) is 4. The predicted octanol–water partition coefficient (Wildman–Crippen LogP) is 2.58. The monoisotopic (exact) mass is 398 g/mol. The molecule has 2 unspecified atom stereocenters. The molecular formula is C19H30O7Si. The maximum Gasteiger partial charge on any atom is 0.540 e. The van der Waals surface area contributed by atoms with Gasteiger partial charge in [-0.1, -0.05) is 0 Å². The number of hydrogen-bond acceptors (Lipinski definition) is 7. The van der Waals surface area contributed by atoms with Gasteiger partial charge in [-0.15, -0.1) is 0 Å². The first-order chi connectivity index (χ1) is 13.2. The topological polar surface area (TPSA) is 64.6 Å². The zero-order valence-corrected chi connectivity index (χ0v) is 17.4. The van der Waals surface area contributed by atoms with Crippen LogP contribution in [0, 0.1) is 0 Å². The van der Waals surface area contributed by atoms with Gasteiger partial charge in [0, 0.05) is 40.2 Å². The summed E-state index contributed by atoms with van der Waals surface area (Å²) >= 11 is 0. The van der Waals surface area contributed by atoms with Gasteiger partial charge in [0.2, 0.25) is 0 Å². The maximum absolute atomic E-state index is 6.18. The largest absolute Gasteiger partial charge is 0.540 e. The van der Waals surface area contributed by atoms with Crippen molar-refractivity contribution >= 4 is 14.0 Å². The lowest BCUT2D eigenvalue weighted by Crippen LogP contribution is -2.55. The van der Waals surface area contributed by atoms with E-state index in [1.54, 1.807) is 21.3 Å². The minimum Gasteiger partial charge on any atom is -0.465 e. The van der Waals surface area contributed by atoms with E-state index in [2.05, 4.69) is 0 Å². The van der Waals surface area contributed by atoms with Gasteiger partial charge < -0.3 is 32.2 Å². The van der Waals surface area contributed by atoms with Crippen LogP contribution in [-0.2, 0) is 22.8 Å². The van der Waals surface area contributed by atoms with Gasteiger partial charge in [0.25, 0.3) is 0 Å². The van der Waals surface area contributed by atoms with Crippen molar-refractivity contribution in [1.82, 2.24) is 0 Å². The Morgan fingerprint density at radius 1 is 0.815 bits per heavy atom. The molecule has 2 aliphatic rings. The van der Waals surface area contributed by atoms with Gasteiger partial charge in [-0.2, -0.15) is 0 Å². The molecule has 0 saturated carbocycles. The molecule has 7 nitrogen and oxygen atoms in total. The van der Waals surface area contributed by atoms with Crippen molar-refractivity contribution in [2.45, 2.75) is 51.1 Å². The summed E-state index contributed by atoms with van der Waals surface area (Å²) in [5.41, 5.74) is 0. The molecular weight excluding hydrogens is 368 g/mol. The molecule has 0 bridgehead atoms. The highest BCUT2D eigenvalue weighted by atomic mass is 28.4. The quantitative estimate of drug-likeness (QED) is 0.624. The molecule has 27 heavy (non-hydrogen) atoms. The fraction of sp³-hybridized carbons (Fsp3) is 0.684. The lowest BCUT2D eigenvalue weighted by atomic mass is 10.2. The van der Waals surface area contributed by atoms with Crippen molar-refractivity contribution in [3.05, 3.63) is 18.2 Å². The minimum absolute atomic E-state index is 0.224. The molecule has 0 aliphatic carbocycles. The lowest BCUT2D eigenvalue weighted by Gasteiger charge is -2.30. The van der Waals surface area contributed by atoms with E-state index in [1.807, 2.05) is 18.2 Å². The molecule has 0 aromatic heterocycles. The third-order valence-corrected chi connectivity index (χ3v) is 7.58. The molecule has 1 aromatic carbocycles. The van der Waals surface area contributed by atoms with E-state index < -0.39 is 8.80 Å². The lowest BCUT2D eigenvalue weighted by molar-refractivity contribution is -0.108. The van der Waals surface area contributed by atoms with E-state index in [4.69, 9.17) is 32.2 Å². The molecule has 2 aliphatic heterocycles. The first-order valence-corrected chi connectivity index (χ1v) is 11.3. The van der Waals surface area contributed by atoms with Crippen LogP contribution in [-0.4, -0.2) is 55.9 Å². The summed E-state index contributed by atoms with van der Waals surface area (Å²) in [6, 6.07) is 5.61. The van der Waals surface area contributed by atoms with Crippen molar-refractivity contribution in [2.24, 2.45) is 0 Å². The summed E-state index contributed by atoms with van der Waals surface area (Å²) in [6.07, 6.45) is 5.53. The van der Waals surface area contributed by atoms with Crippen LogP contribution in [0.2, 0.25) is 0 Å². The van der Waals surface area contributed by atoms with Crippen LogP contribution < -0.4 is 14.7 Å². The molecule has 0 radical (unpaired) electrons. The van der Waals surface area contributed by atoms with Crippen LogP contribution in [0.4, 0.5) is 0 Å². The smallest absolute Gasteiger partial charge is 0.465 e. The van der Waals surface area contributed by atoms with Gasteiger partial charge in [0.15, 0.2) is 12.6 Å². The van der Waals surface area contributed by atoms with Gasteiger partial charge >= 0.3 is 8.80 Å². The van der Waals surface area contributed by atoms with Crippen LogP contribution in [0.15, 0.2) is 18.2 Å². The first kappa shape index (κ1) is 20.6. The Morgan fingerprint density at radius 3 is 1.93 bits per heavy atom. The van der Waals surface area contributed by atoms with Gasteiger partial charge in [0.1, 0.15) is 11.5 Å². The average Bonchev–Trinajstić information content (AvgIpc) is 2.72. The highest BCUT2D eigenvalue weighted by Gasteiger charge is 2.44. The molecule has 1 aromatic rings. The number of rotatable bonds is 8. The number of benzene rings is 1. The van der Waals surface area contributed by atoms with Crippen molar-refractivity contribution in [2.75, 3.05) is 34.5 Å². The summed E-state index contributed by atoms with van der Waals surface area (Å²) < 4.78 is 40.6. The van der Waals surface area contributed by atoms with Crippen LogP contribution in [0.1, 0.15) is 38.5 Å². The molecule has 2 fully saturated rings. The van der Waals surface area contributed by atoms with E-state index in [0.29, 0.717) is 18.1 Å². The Labute approximate surface area is 162 Å². The summed E-state index contributed by atoms with van der Waals surface area (Å²) in [4.78, 5) is 0. The van der Waals surface area contributed by atoms with Crippen LogP contribution >= 0.6 is 0 Å². The summed E-state index contributed by atoms with van der Waals surface area (Å²) in [6.45, 7) is 1.43. The fourth-order valence-corrected chi connectivity index (χ4v) is 5.29. The van der Waals surface area contributed by atoms with E-state index in [1.165, 1.54) is 0 Å². The van der Waals surface area contributed by atoms with E-state index >= 15 is 0 Å². The third-order valence-electron chi connectivity index (χ3n) is 4.89. The molecule has 0 amide bonds. The molecule has 2 atom stereocenters. The SMILES string of the molecule is CO[Si](OC)(OC)c1ccc(OC2CCCCO2)cc1OC1CCCCO1.